The Hall–Kier alpha value is -2.93. The number of nitrogens with one attached hydrogen (secondary N) is 1. The average Bonchev–Trinajstić information content (AvgIpc) is 3.13. The van der Waals surface area contributed by atoms with Crippen LogP contribution in [0, 0.1) is 20.8 Å². The maximum absolute atomic E-state index is 12.5. The van der Waals surface area contributed by atoms with Crippen molar-refractivity contribution in [1.29, 1.82) is 0 Å². The van der Waals surface area contributed by atoms with E-state index in [2.05, 4.69) is 44.6 Å². The van der Waals surface area contributed by atoms with Crippen LogP contribution < -0.4 is 5.32 Å². The van der Waals surface area contributed by atoms with Gasteiger partial charge >= 0.3 is 0 Å². The number of fused-ring (bicyclic) bond motifs is 2. The number of nitrogens with zero attached hydrogens (tertiary/aromatic N) is 4. The van der Waals surface area contributed by atoms with Gasteiger partial charge in [0, 0.05) is 11.4 Å². The number of hydrogen-bond acceptors (Lipinski definition) is 5. The van der Waals surface area contributed by atoms with Gasteiger partial charge in [0.05, 0.1) is 11.8 Å². The van der Waals surface area contributed by atoms with Crippen LogP contribution in [0.25, 0.3) is 16.6 Å². The predicted molar refractivity (Wildman–Crippen MR) is 116 cm³/mol. The van der Waals surface area contributed by atoms with Crippen molar-refractivity contribution >= 4 is 34.2 Å². The molecule has 0 aliphatic rings. The SMILES string of the molecule is Cc1nc2nc(SCC(=O)NC(C)c3cccc4ccccc34)nn2c(C)c1C. The molecule has 0 saturated heterocycles. The summed E-state index contributed by atoms with van der Waals surface area (Å²) in [4.78, 5) is 21.4. The van der Waals surface area contributed by atoms with Gasteiger partial charge in [0.15, 0.2) is 0 Å². The molecule has 4 aromatic rings. The van der Waals surface area contributed by atoms with E-state index in [0.717, 1.165) is 27.9 Å². The maximum atomic E-state index is 12.5. The molecule has 0 fully saturated rings. The molecule has 7 heteroatoms. The molecular weight excluding hydrogens is 382 g/mol. The van der Waals surface area contributed by atoms with Gasteiger partial charge in [-0.2, -0.15) is 4.98 Å². The van der Waals surface area contributed by atoms with E-state index in [0.29, 0.717) is 10.9 Å². The summed E-state index contributed by atoms with van der Waals surface area (Å²) in [5, 5.41) is 10.5. The molecule has 29 heavy (non-hydrogen) atoms. The Balaban J connectivity index is 1.45. The summed E-state index contributed by atoms with van der Waals surface area (Å²) < 4.78 is 1.74. The van der Waals surface area contributed by atoms with Crippen molar-refractivity contribution in [2.24, 2.45) is 0 Å². The molecule has 2 aromatic carbocycles. The summed E-state index contributed by atoms with van der Waals surface area (Å²) >= 11 is 1.32. The molecule has 0 aliphatic carbocycles. The van der Waals surface area contributed by atoms with E-state index in [4.69, 9.17) is 0 Å². The molecule has 0 spiro atoms. The van der Waals surface area contributed by atoms with Gasteiger partial charge in [-0.05, 0) is 49.6 Å². The highest BCUT2D eigenvalue weighted by Gasteiger charge is 2.15. The average molecular weight is 406 g/mol. The largest absolute Gasteiger partial charge is 0.349 e. The minimum Gasteiger partial charge on any atom is -0.349 e. The summed E-state index contributed by atoms with van der Waals surface area (Å²) in [6, 6.07) is 14.3. The lowest BCUT2D eigenvalue weighted by molar-refractivity contribution is -0.119. The summed E-state index contributed by atoms with van der Waals surface area (Å²) in [5.74, 6) is 0.771. The molecular formula is C22H23N5OS. The van der Waals surface area contributed by atoms with E-state index < -0.39 is 0 Å². The number of rotatable bonds is 5. The lowest BCUT2D eigenvalue weighted by atomic mass is 10.00. The molecule has 0 radical (unpaired) electrons. The van der Waals surface area contributed by atoms with Crippen LogP contribution in [0.1, 0.15) is 35.5 Å². The van der Waals surface area contributed by atoms with E-state index in [9.17, 15) is 4.79 Å². The monoisotopic (exact) mass is 405 g/mol. The normalized spacial score (nSPS) is 12.4. The molecule has 6 nitrogen and oxygen atoms in total. The van der Waals surface area contributed by atoms with Crippen LogP contribution in [0.5, 0.6) is 0 Å². The quantitative estimate of drug-likeness (QED) is 0.505. The third-order valence-corrected chi connectivity index (χ3v) is 6.08. The van der Waals surface area contributed by atoms with Crippen molar-refractivity contribution < 1.29 is 4.79 Å². The highest BCUT2D eigenvalue weighted by atomic mass is 32.2. The predicted octanol–water partition coefficient (Wildman–Crippen LogP) is 4.17. The minimum absolute atomic E-state index is 0.0497. The Kier molecular flexibility index (Phi) is 5.24. The number of aromatic nitrogens is 4. The Morgan fingerprint density at radius 1 is 1.10 bits per heavy atom. The second-order valence-electron chi connectivity index (χ2n) is 7.16. The van der Waals surface area contributed by atoms with Gasteiger partial charge in [-0.1, -0.05) is 54.2 Å². The van der Waals surface area contributed by atoms with E-state index >= 15 is 0 Å². The molecule has 0 saturated carbocycles. The highest BCUT2D eigenvalue weighted by Crippen LogP contribution is 2.24. The number of aryl methyl sites for hydroxylation is 2. The molecule has 1 unspecified atom stereocenters. The van der Waals surface area contributed by atoms with Crippen LogP contribution in [0.2, 0.25) is 0 Å². The van der Waals surface area contributed by atoms with Gasteiger partial charge in [-0.25, -0.2) is 9.50 Å². The van der Waals surface area contributed by atoms with Gasteiger partial charge in [-0.15, -0.1) is 5.10 Å². The van der Waals surface area contributed by atoms with E-state index in [-0.39, 0.29) is 17.7 Å². The lowest BCUT2D eigenvalue weighted by Crippen LogP contribution is -2.28. The van der Waals surface area contributed by atoms with E-state index in [1.54, 1.807) is 4.52 Å². The van der Waals surface area contributed by atoms with Crippen molar-refractivity contribution in [2.75, 3.05) is 5.75 Å². The van der Waals surface area contributed by atoms with E-state index in [1.165, 1.54) is 17.1 Å². The van der Waals surface area contributed by atoms with Crippen LogP contribution in [0.15, 0.2) is 47.6 Å². The first kappa shape index (κ1) is 19.4. The number of benzene rings is 2. The zero-order chi connectivity index (χ0) is 20.5. The smallest absolute Gasteiger partial charge is 0.253 e. The first-order valence-electron chi connectivity index (χ1n) is 9.54. The van der Waals surface area contributed by atoms with Gasteiger partial charge in [0.2, 0.25) is 11.1 Å². The van der Waals surface area contributed by atoms with Crippen molar-refractivity contribution in [3.05, 3.63) is 65.0 Å². The molecule has 1 amide bonds. The molecule has 0 bridgehead atoms. The third kappa shape index (κ3) is 3.82. The Morgan fingerprint density at radius 3 is 2.69 bits per heavy atom. The summed E-state index contributed by atoms with van der Waals surface area (Å²) in [5.41, 5.74) is 4.17. The van der Waals surface area contributed by atoms with Gasteiger partial charge in [0.25, 0.3) is 5.78 Å². The number of hydrogen-bond donors (Lipinski definition) is 1. The molecule has 1 atom stereocenters. The minimum atomic E-state index is -0.0857. The molecule has 0 aliphatic heterocycles. The van der Waals surface area contributed by atoms with Crippen LogP contribution in [-0.4, -0.2) is 31.2 Å². The van der Waals surface area contributed by atoms with E-state index in [1.807, 2.05) is 45.9 Å². The first-order valence-corrected chi connectivity index (χ1v) is 10.5. The van der Waals surface area contributed by atoms with Crippen molar-refractivity contribution in [1.82, 2.24) is 24.9 Å². The number of carbonyl (C=O) groups excluding carboxylic acids is 1. The van der Waals surface area contributed by atoms with Gasteiger partial charge in [0.1, 0.15) is 0 Å². The summed E-state index contributed by atoms with van der Waals surface area (Å²) in [7, 11) is 0. The topological polar surface area (TPSA) is 72.2 Å². The second kappa shape index (κ2) is 7.83. The van der Waals surface area contributed by atoms with Crippen LogP contribution in [-0.2, 0) is 4.79 Å². The Bertz CT molecular complexity index is 1210. The Labute approximate surface area is 173 Å². The number of carbonyl (C=O) groups is 1. The molecule has 1 N–H and O–H groups in total. The summed E-state index contributed by atoms with van der Waals surface area (Å²) in [6.07, 6.45) is 0. The van der Waals surface area contributed by atoms with Gasteiger partial charge < -0.3 is 5.32 Å². The number of amides is 1. The first-order chi connectivity index (χ1) is 13.9. The van der Waals surface area contributed by atoms with Crippen LogP contribution in [0.4, 0.5) is 0 Å². The highest BCUT2D eigenvalue weighted by molar-refractivity contribution is 7.99. The zero-order valence-corrected chi connectivity index (χ0v) is 17.7. The van der Waals surface area contributed by atoms with Crippen molar-refractivity contribution in [2.45, 2.75) is 38.9 Å². The van der Waals surface area contributed by atoms with Crippen LogP contribution in [0.3, 0.4) is 0 Å². The van der Waals surface area contributed by atoms with Crippen LogP contribution >= 0.6 is 11.8 Å². The maximum Gasteiger partial charge on any atom is 0.253 e. The lowest BCUT2D eigenvalue weighted by Gasteiger charge is -2.16. The second-order valence-corrected chi connectivity index (χ2v) is 8.10. The van der Waals surface area contributed by atoms with Crippen molar-refractivity contribution in [3.8, 4) is 0 Å². The molecule has 4 rings (SSSR count). The van der Waals surface area contributed by atoms with Crippen molar-refractivity contribution in [3.63, 3.8) is 0 Å². The number of thioether (sulfide) groups is 1. The standard InChI is InChI=1S/C22H23N5OS/c1-13-14(2)24-21-25-22(26-27(21)16(13)4)29-12-20(28)23-15(3)18-11-7-9-17-8-5-6-10-19(17)18/h5-11,15H,12H2,1-4H3,(H,23,28). The fourth-order valence-electron chi connectivity index (χ4n) is 3.42. The summed E-state index contributed by atoms with van der Waals surface area (Å²) in [6.45, 7) is 7.99. The molecule has 2 aromatic heterocycles. The molecule has 2 heterocycles. The fourth-order valence-corrected chi connectivity index (χ4v) is 4.05. The fraction of sp³-hybridized carbons (Fsp3) is 0.273. The Morgan fingerprint density at radius 2 is 1.86 bits per heavy atom. The molecule has 148 valence electrons. The van der Waals surface area contributed by atoms with Gasteiger partial charge in [-0.3, -0.25) is 4.79 Å². The third-order valence-electron chi connectivity index (χ3n) is 5.24. The zero-order valence-electron chi connectivity index (χ0n) is 16.9.